The van der Waals surface area contributed by atoms with Gasteiger partial charge in [-0.25, -0.2) is 4.98 Å². The van der Waals surface area contributed by atoms with Crippen LogP contribution in [-0.4, -0.2) is 10.1 Å². The molecule has 7 heteroatoms. The Morgan fingerprint density at radius 1 is 1.00 bits per heavy atom. The Balaban J connectivity index is 2.05. The van der Waals surface area contributed by atoms with E-state index in [1.54, 1.807) is 30.3 Å². The topological polar surface area (TPSA) is 37.0 Å². The Labute approximate surface area is 130 Å². The minimum Gasteiger partial charge on any atom is -0.331 e. The van der Waals surface area contributed by atoms with Gasteiger partial charge in [0.2, 0.25) is 0 Å². The van der Waals surface area contributed by atoms with Gasteiger partial charge in [0.15, 0.2) is 5.11 Å². The lowest BCUT2D eigenvalue weighted by atomic mass is 10.3. The quantitative estimate of drug-likeness (QED) is 0.771. The van der Waals surface area contributed by atoms with Gasteiger partial charge in [0.1, 0.15) is 5.82 Å². The van der Waals surface area contributed by atoms with Gasteiger partial charge in [-0.05, 0) is 42.5 Å². The first kappa shape index (κ1) is 14.3. The molecule has 2 rings (SSSR count). The first-order valence-corrected chi connectivity index (χ1v) is 6.73. The standard InChI is InChI=1S/C12H8Cl3N3S/c13-7-1-3-9(15)10(5-7)17-12(19)18-11-4-2-8(14)6-16-11/h1-6H,(H2,16,17,18,19). The van der Waals surface area contributed by atoms with Crippen molar-refractivity contribution in [3.63, 3.8) is 0 Å². The minimum atomic E-state index is 0.360. The number of hydrogen-bond acceptors (Lipinski definition) is 2. The highest BCUT2D eigenvalue weighted by Crippen LogP contribution is 2.25. The highest BCUT2D eigenvalue weighted by Gasteiger charge is 2.04. The highest BCUT2D eigenvalue weighted by molar-refractivity contribution is 7.80. The van der Waals surface area contributed by atoms with Crippen LogP contribution in [0.1, 0.15) is 0 Å². The summed E-state index contributed by atoms with van der Waals surface area (Å²) in [6.07, 6.45) is 1.53. The fourth-order valence-electron chi connectivity index (χ4n) is 1.31. The van der Waals surface area contributed by atoms with E-state index < -0.39 is 0 Å². The van der Waals surface area contributed by atoms with Crippen LogP contribution >= 0.6 is 47.0 Å². The number of nitrogens with zero attached hydrogens (tertiary/aromatic N) is 1. The van der Waals surface area contributed by atoms with Crippen molar-refractivity contribution in [3.05, 3.63) is 51.6 Å². The van der Waals surface area contributed by atoms with Gasteiger partial charge in [0.05, 0.1) is 15.7 Å². The van der Waals surface area contributed by atoms with E-state index in [1.807, 2.05) is 0 Å². The molecule has 1 aromatic carbocycles. The fraction of sp³-hybridized carbons (Fsp3) is 0. The average Bonchev–Trinajstić information content (AvgIpc) is 2.37. The maximum atomic E-state index is 6.02. The Morgan fingerprint density at radius 2 is 1.74 bits per heavy atom. The molecule has 0 amide bonds. The van der Waals surface area contributed by atoms with Crippen LogP contribution in [0.4, 0.5) is 11.5 Å². The van der Waals surface area contributed by atoms with Crippen molar-refractivity contribution in [2.75, 3.05) is 10.6 Å². The second kappa shape index (κ2) is 6.39. The second-order valence-electron chi connectivity index (χ2n) is 3.56. The van der Waals surface area contributed by atoms with Crippen molar-refractivity contribution < 1.29 is 0 Å². The van der Waals surface area contributed by atoms with E-state index in [1.165, 1.54) is 6.20 Å². The van der Waals surface area contributed by atoms with E-state index in [0.29, 0.717) is 31.7 Å². The van der Waals surface area contributed by atoms with Gasteiger partial charge in [-0.2, -0.15) is 0 Å². The minimum absolute atomic E-state index is 0.360. The van der Waals surface area contributed by atoms with E-state index in [9.17, 15) is 0 Å². The molecule has 0 saturated carbocycles. The lowest BCUT2D eigenvalue weighted by Gasteiger charge is -2.11. The number of thiocarbonyl (C=S) groups is 1. The smallest absolute Gasteiger partial charge is 0.176 e. The highest BCUT2D eigenvalue weighted by atomic mass is 35.5. The largest absolute Gasteiger partial charge is 0.331 e. The molecular formula is C12H8Cl3N3S. The van der Waals surface area contributed by atoms with Crippen molar-refractivity contribution in [3.8, 4) is 0 Å². The molecule has 2 aromatic rings. The number of pyridine rings is 1. The third-order valence-corrected chi connectivity index (χ3v) is 3.14. The average molecular weight is 333 g/mol. The predicted octanol–water partition coefficient (Wildman–Crippen LogP) is 4.85. The Bertz CT molecular complexity index is 602. The summed E-state index contributed by atoms with van der Waals surface area (Å²) < 4.78 is 0. The maximum absolute atomic E-state index is 6.02. The van der Waals surface area contributed by atoms with Crippen molar-refractivity contribution in [1.29, 1.82) is 0 Å². The molecule has 0 aliphatic carbocycles. The normalized spacial score (nSPS) is 10.1. The molecule has 19 heavy (non-hydrogen) atoms. The SMILES string of the molecule is S=C(Nc1ccc(Cl)cn1)Nc1cc(Cl)ccc1Cl. The lowest BCUT2D eigenvalue weighted by Crippen LogP contribution is -2.19. The predicted molar refractivity (Wildman–Crippen MR) is 85.6 cm³/mol. The fourth-order valence-corrected chi connectivity index (χ4v) is 1.98. The Hall–Kier alpha value is -1.07. The number of halogens is 3. The van der Waals surface area contributed by atoms with E-state index in [2.05, 4.69) is 15.6 Å². The van der Waals surface area contributed by atoms with Crippen LogP contribution in [0.15, 0.2) is 36.5 Å². The second-order valence-corrected chi connectivity index (χ2v) is 5.25. The van der Waals surface area contributed by atoms with Crippen LogP contribution in [0.3, 0.4) is 0 Å². The molecule has 0 spiro atoms. The first-order valence-electron chi connectivity index (χ1n) is 5.19. The van der Waals surface area contributed by atoms with Gasteiger partial charge >= 0.3 is 0 Å². The molecule has 0 fully saturated rings. The van der Waals surface area contributed by atoms with Gasteiger partial charge in [-0.3, -0.25) is 0 Å². The number of benzene rings is 1. The first-order chi connectivity index (χ1) is 9.04. The summed E-state index contributed by atoms with van der Waals surface area (Å²) in [5, 5.41) is 7.87. The zero-order valence-corrected chi connectivity index (χ0v) is 12.5. The van der Waals surface area contributed by atoms with Crippen molar-refractivity contribution in [2.24, 2.45) is 0 Å². The molecule has 2 N–H and O–H groups in total. The summed E-state index contributed by atoms with van der Waals surface area (Å²) >= 11 is 22.8. The molecule has 1 aromatic heterocycles. The van der Waals surface area contributed by atoms with Crippen molar-refractivity contribution >= 4 is 63.6 Å². The Morgan fingerprint density at radius 3 is 2.42 bits per heavy atom. The van der Waals surface area contributed by atoms with Gasteiger partial charge in [0.25, 0.3) is 0 Å². The monoisotopic (exact) mass is 331 g/mol. The van der Waals surface area contributed by atoms with E-state index in [4.69, 9.17) is 47.0 Å². The Kier molecular flexibility index (Phi) is 4.82. The zero-order chi connectivity index (χ0) is 13.8. The molecule has 0 unspecified atom stereocenters. The van der Waals surface area contributed by atoms with Crippen LogP contribution in [0.5, 0.6) is 0 Å². The van der Waals surface area contributed by atoms with Crippen LogP contribution in [0, 0.1) is 0 Å². The molecule has 0 saturated heterocycles. The molecule has 0 radical (unpaired) electrons. The lowest BCUT2D eigenvalue weighted by molar-refractivity contribution is 1.32. The summed E-state index contributed by atoms with van der Waals surface area (Å²) in [5.74, 6) is 0.583. The third-order valence-electron chi connectivity index (χ3n) is 2.15. The molecule has 0 aliphatic heterocycles. The molecule has 0 bridgehead atoms. The van der Waals surface area contributed by atoms with E-state index in [0.717, 1.165) is 0 Å². The van der Waals surface area contributed by atoms with Crippen molar-refractivity contribution in [2.45, 2.75) is 0 Å². The summed E-state index contributed by atoms with van der Waals surface area (Å²) in [4.78, 5) is 4.07. The maximum Gasteiger partial charge on any atom is 0.176 e. The number of rotatable bonds is 2. The molecule has 3 nitrogen and oxygen atoms in total. The number of nitrogens with one attached hydrogen (secondary N) is 2. The summed E-state index contributed by atoms with van der Waals surface area (Å²) in [6, 6.07) is 8.51. The molecule has 1 heterocycles. The van der Waals surface area contributed by atoms with Crippen LogP contribution < -0.4 is 10.6 Å². The van der Waals surface area contributed by atoms with Crippen LogP contribution in [0.25, 0.3) is 0 Å². The van der Waals surface area contributed by atoms with Crippen molar-refractivity contribution in [1.82, 2.24) is 4.98 Å². The van der Waals surface area contributed by atoms with Gasteiger partial charge in [-0.15, -0.1) is 0 Å². The zero-order valence-electron chi connectivity index (χ0n) is 9.45. The molecular weight excluding hydrogens is 325 g/mol. The third kappa shape index (κ3) is 4.21. The summed E-state index contributed by atoms with van der Waals surface area (Å²) in [6.45, 7) is 0. The van der Waals surface area contributed by atoms with Gasteiger partial charge < -0.3 is 10.6 Å². The van der Waals surface area contributed by atoms with Gasteiger partial charge in [-0.1, -0.05) is 34.8 Å². The number of aromatic nitrogens is 1. The number of hydrogen-bond donors (Lipinski definition) is 2. The van der Waals surface area contributed by atoms with E-state index in [-0.39, 0.29) is 0 Å². The number of anilines is 2. The molecule has 98 valence electrons. The summed E-state index contributed by atoms with van der Waals surface area (Å²) in [5.41, 5.74) is 0.626. The molecule has 0 aliphatic rings. The van der Waals surface area contributed by atoms with Crippen LogP contribution in [0.2, 0.25) is 15.1 Å². The molecule has 0 atom stereocenters. The van der Waals surface area contributed by atoms with Gasteiger partial charge in [0, 0.05) is 11.2 Å². The van der Waals surface area contributed by atoms with E-state index >= 15 is 0 Å². The summed E-state index contributed by atoms with van der Waals surface area (Å²) in [7, 11) is 0. The van der Waals surface area contributed by atoms with Crippen LogP contribution in [-0.2, 0) is 0 Å².